The molecule has 0 heterocycles. The van der Waals surface area contributed by atoms with Gasteiger partial charge in [-0.25, -0.2) is 9.59 Å². The molecule has 0 saturated carbocycles. The van der Waals surface area contributed by atoms with Crippen molar-refractivity contribution in [1.82, 2.24) is 0 Å². The summed E-state index contributed by atoms with van der Waals surface area (Å²) in [4.78, 5) is 28.1. The zero-order valence-electron chi connectivity index (χ0n) is 5.90. The van der Waals surface area contributed by atoms with Gasteiger partial charge in [0.15, 0.2) is 0 Å². The number of carbonyl (C=O) groups is 2. The van der Waals surface area contributed by atoms with E-state index in [0.717, 1.165) is 7.11 Å². The maximum atomic E-state index is 10.4. The molecule has 0 aromatic rings. The highest BCUT2D eigenvalue weighted by Crippen LogP contribution is 1.80. The Morgan fingerprint density at radius 1 is 1.36 bits per heavy atom. The fourth-order valence-corrected chi connectivity index (χ4v) is 0.339. The third kappa shape index (κ3) is 6.75. The molecule has 1 N–H and O–H groups in total. The first-order chi connectivity index (χ1) is 5.16. The number of carbonyl (C=O) groups excluding carboxylic acids is 1. The van der Waals surface area contributed by atoms with Gasteiger partial charge in [0.1, 0.15) is 13.2 Å². The number of carboxylic acid groups (broad SMARTS) is 1. The Morgan fingerprint density at radius 2 is 2.00 bits per heavy atom. The normalized spacial score (nSPS) is 9.18. The summed E-state index contributed by atoms with van der Waals surface area (Å²) in [6, 6.07) is 0. The van der Waals surface area contributed by atoms with Crippen LogP contribution in [0.1, 0.15) is 0 Å². The quantitative estimate of drug-likeness (QED) is 0.422. The predicted octanol–water partition coefficient (Wildman–Crippen LogP) is -0.808. The molecule has 0 aliphatic rings. The number of hydrogen-bond donors (Lipinski definition) is 1. The second-order valence-corrected chi connectivity index (χ2v) is 1.51. The first kappa shape index (κ1) is 9.86. The maximum absolute atomic E-state index is 10.4. The van der Waals surface area contributed by atoms with Crippen LogP contribution in [0.2, 0.25) is 0 Å². The van der Waals surface area contributed by atoms with Crippen molar-refractivity contribution in [2.75, 3.05) is 20.3 Å². The summed E-state index contributed by atoms with van der Waals surface area (Å²) in [5.74, 6) is -1.91. The molecular weight excluding hydrogens is 156 g/mol. The van der Waals surface area contributed by atoms with E-state index < -0.39 is 25.2 Å². The van der Waals surface area contributed by atoms with Gasteiger partial charge >= 0.3 is 11.9 Å². The molecule has 0 aliphatic heterocycles. The smallest absolute Gasteiger partial charge is 0.367 e. The lowest BCUT2D eigenvalue weighted by Gasteiger charge is -1.98. The van der Waals surface area contributed by atoms with Crippen LogP contribution in [-0.4, -0.2) is 37.4 Å². The van der Waals surface area contributed by atoms with Crippen LogP contribution in [0.4, 0.5) is 0 Å². The number of carboxylic acids is 1. The van der Waals surface area contributed by atoms with Crippen LogP contribution in [-0.2, 0) is 24.1 Å². The standard InChI is InChI=1S/C5H8O6/c1-9-11-5(8)3-10-2-4(6)7/h2-3H2,1H3,(H,6,7). The lowest BCUT2D eigenvalue weighted by atomic mass is 10.7. The van der Waals surface area contributed by atoms with E-state index in [0.29, 0.717) is 0 Å². The van der Waals surface area contributed by atoms with Crippen molar-refractivity contribution in [3.05, 3.63) is 0 Å². The zero-order valence-corrected chi connectivity index (χ0v) is 5.90. The third-order valence-electron chi connectivity index (χ3n) is 0.622. The monoisotopic (exact) mass is 164 g/mol. The average molecular weight is 164 g/mol. The fourth-order valence-electron chi connectivity index (χ4n) is 0.339. The van der Waals surface area contributed by atoms with E-state index in [4.69, 9.17) is 5.11 Å². The second kappa shape index (κ2) is 5.63. The van der Waals surface area contributed by atoms with Crippen molar-refractivity contribution in [2.24, 2.45) is 0 Å². The first-order valence-corrected chi connectivity index (χ1v) is 2.70. The molecule has 0 atom stereocenters. The highest BCUT2D eigenvalue weighted by molar-refractivity contribution is 5.71. The minimum atomic E-state index is -1.14. The Morgan fingerprint density at radius 3 is 2.45 bits per heavy atom. The molecule has 0 spiro atoms. The molecule has 64 valence electrons. The molecule has 0 unspecified atom stereocenters. The van der Waals surface area contributed by atoms with Crippen molar-refractivity contribution in [3.8, 4) is 0 Å². The van der Waals surface area contributed by atoms with E-state index in [1.165, 1.54) is 0 Å². The molecule has 0 bridgehead atoms. The van der Waals surface area contributed by atoms with Crippen LogP contribution in [0.3, 0.4) is 0 Å². The zero-order chi connectivity index (χ0) is 8.69. The average Bonchev–Trinajstić information content (AvgIpc) is 1.87. The van der Waals surface area contributed by atoms with E-state index in [9.17, 15) is 9.59 Å². The number of aliphatic carboxylic acids is 1. The van der Waals surface area contributed by atoms with Gasteiger partial charge in [0.25, 0.3) is 0 Å². The fraction of sp³-hybridized carbons (Fsp3) is 0.600. The topological polar surface area (TPSA) is 82.1 Å². The maximum Gasteiger partial charge on any atom is 0.367 e. The van der Waals surface area contributed by atoms with Crippen LogP contribution in [0, 0.1) is 0 Å². The molecule has 0 aromatic carbocycles. The van der Waals surface area contributed by atoms with Gasteiger partial charge in [-0.15, -0.1) is 0 Å². The van der Waals surface area contributed by atoms with Crippen molar-refractivity contribution in [3.63, 3.8) is 0 Å². The number of rotatable bonds is 5. The molecule has 6 heteroatoms. The Hall–Kier alpha value is -1.14. The Bertz CT molecular complexity index is 142. The van der Waals surface area contributed by atoms with E-state index >= 15 is 0 Å². The molecule has 0 fully saturated rings. The number of ether oxygens (including phenoxy) is 1. The van der Waals surface area contributed by atoms with E-state index in [1.54, 1.807) is 0 Å². The molecule has 0 aliphatic carbocycles. The van der Waals surface area contributed by atoms with Gasteiger partial charge in [0.2, 0.25) is 0 Å². The van der Waals surface area contributed by atoms with Crippen LogP contribution < -0.4 is 0 Å². The molecule has 0 amide bonds. The van der Waals surface area contributed by atoms with Gasteiger partial charge in [-0.3, -0.25) is 4.89 Å². The van der Waals surface area contributed by atoms with Crippen LogP contribution in [0.15, 0.2) is 0 Å². The lowest BCUT2D eigenvalue weighted by Crippen LogP contribution is -2.16. The molecular formula is C5H8O6. The van der Waals surface area contributed by atoms with Crippen LogP contribution in [0.5, 0.6) is 0 Å². The third-order valence-corrected chi connectivity index (χ3v) is 0.622. The lowest BCUT2D eigenvalue weighted by molar-refractivity contribution is -0.258. The molecule has 0 aromatic heterocycles. The van der Waals surface area contributed by atoms with Gasteiger partial charge < -0.3 is 9.84 Å². The van der Waals surface area contributed by atoms with Gasteiger partial charge in [0, 0.05) is 0 Å². The molecule has 0 rings (SSSR count). The van der Waals surface area contributed by atoms with E-state index in [2.05, 4.69) is 14.5 Å². The first-order valence-electron chi connectivity index (χ1n) is 2.70. The van der Waals surface area contributed by atoms with Gasteiger partial charge in [-0.1, -0.05) is 0 Å². The summed E-state index contributed by atoms with van der Waals surface area (Å²) in [6.45, 7) is -0.959. The summed E-state index contributed by atoms with van der Waals surface area (Å²) in [6.07, 6.45) is 0. The minimum absolute atomic E-state index is 0.430. The number of hydrogen-bond acceptors (Lipinski definition) is 5. The van der Waals surface area contributed by atoms with Crippen molar-refractivity contribution in [1.29, 1.82) is 0 Å². The highest BCUT2D eigenvalue weighted by atomic mass is 17.2. The van der Waals surface area contributed by atoms with E-state index in [-0.39, 0.29) is 0 Å². The summed E-state index contributed by atoms with van der Waals surface area (Å²) in [5, 5.41) is 8.05. The predicted molar refractivity (Wildman–Crippen MR) is 31.6 cm³/mol. The minimum Gasteiger partial charge on any atom is -0.480 e. The van der Waals surface area contributed by atoms with Gasteiger partial charge in [-0.2, -0.15) is 4.89 Å². The summed E-state index contributed by atoms with van der Waals surface area (Å²) < 4.78 is 4.36. The Kier molecular flexibility index (Phi) is 5.05. The SMILES string of the molecule is COOC(=O)COCC(=O)O. The van der Waals surface area contributed by atoms with Crippen LogP contribution in [0.25, 0.3) is 0 Å². The highest BCUT2D eigenvalue weighted by Gasteiger charge is 2.04. The van der Waals surface area contributed by atoms with Crippen molar-refractivity contribution >= 4 is 11.9 Å². The van der Waals surface area contributed by atoms with E-state index in [1.807, 2.05) is 0 Å². The summed E-state index contributed by atoms with van der Waals surface area (Å²) in [5.41, 5.74) is 0. The summed E-state index contributed by atoms with van der Waals surface area (Å²) in [7, 11) is 1.16. The molecule has 6 nitrogen and oxygen atoms in total. The largest absolute Gasteiger partial charge is 0.480 e. The van der Waals surface area contributed by atoms with Gasteiger partial charge in [0.05, 0.1) is 7.11 Å². The van der Waals surface area contributed by atoms with Crippen molar-refractivity contribution < 1.29 is 29.2 Å². The Labute approximate surface area is 62.6 Å². The van der Waals surface area contributed by atoms with Gasteiger partial charge in [-0.05, 0) is 0 Å². The molecule has 11 heavy (non-hydrogen) atoms. The van der Waals surface area contributed by atoms with Crippen molar-refractivity contribution in [2.45, 2.75) is 0 Å². The second-order valence-electron chi connectivity index (χ2n) is 1.51. The van der Waals surface area contributed by atoms with Crippen LogP contribution >= 0.6 is 0 Å². The summed E-state index contributed by atoms with van der Waals surface area (Å²) >= 11 is 0. The molecule has 0 radical (unpaired) electrons. The Balaban J connectivity index is 3.24. The molecule has 0 saturated heterocycles.